The summed E-state index contributed by atoms with van der Waals surface area (Å²) in [4.78, 5) is 19.6. The molecule has 0 radical (unpaired) electrons. The van der Waals surface area contributed by atoms with Crippen LogP contribution in [-0.2, 0) is 4.74 Å². The van der Waals surface area contributed by atoms with E-state index in [-0.39, 0.29) is 11.9 Å². The first-order chi connectivity index (χ1) is 15.1. The number of fused-ring (bicyclic) bond motifs is 1. The normalized spacial score (nSPS) is 14.9. The second-order valence-electron chi connectivity index (χ2n) is 7.33. The summed E-state index contributed by atoms with van der Waals surface area (Å²) in [5, 5.41) is 4.97. The third kappa shape index (κ3) is 5.12. The molecule has 1 aromatic carbocycles. The van der Waals surface area contributed by atoms with Gasteiger partial charge in [-0.05, 0) is 67.9 Å². The third-order valence-corrected chi connectivity index (χ3v) is 6.93. The molecule has 7 nitrogen and oxygen atoms in total. The molecule has 0 bridgehead atoms. The Labute approximate surface area is 188 Å². The molecule has 1 saturated heterocycles. The van der Waals surface area contributed by atoms with Crippen LogP contribution in [0, 0.1) is 11.7 Å². The van der Waals surface area contributed by atoms with Crippen LogP contribution in [0.25, 0.3) is 16.2 Å². The summed E-state index contributed by atoms with van der Waals surface area (Å²) < 4.78 is 26.9. The van der Waals surface area contributed by atoms with E-state index in [1.54, 1.807) is 21.7 Å². The van der Waals surface area contributed by atoms with Crippen molar-refractivity contribution >= 4 is 34.2 Å². The lowest BCUT2D eigenvalue weighted by Gasteiger charge is -2.31. The van der Waals surface area contributed by atoms with E-state index >= 15 is 0 Å². The average Bonchev–Trinajstić information content (AvgIpc) is 3.33. The third-order valence-electron chi connectivity index (χ3n) is 5.37. The minimum atomic E-state index is -0.289. The van der Waals surface area contributed by atoms with E-state index in [1.165, 1.54) is 29.2 Å². The molecule has 0 unspecified atom stereocenters. The molecular weight excluding hydrogens is 439 g/mol. The molecule has 1 aliphatic heterocycles. The summed E-state index contributed by atoms with van der Waals surface area (Å²) in [6, 6.07) is 5.15. The highest BCUT2D eigenvalue weighted by Crippen LogP contribution is 2.29. The summed E-state index contributed by atoms with van der Waals surface area (Å²) in [6.45, 7) is 4.25. The van der Waals surface area contributed by atoms with E-state index in [0.717, 1.165) is 37.2 Å². The Morgan fingerprint density at radius 3 is 2.84 bits per heavy atom. The lowest BCUT2D eigenvalue weighted by atomic mass is 9.94. The molecule has 1 fully saturated rings. The van der Waals surface area contributed by atoms with Gasteiger partial charge in [0.05, 0.1) is 25.1 Å². The van der Waals surface area contributed by atoms with Crippen molar-refractivity contribution in [2.45, 2.75) is 31.1 Å². The number of ether oxygens (including phenoxy) is 2. The topological polar surface area (TPSA) is 69.0 Å². The molecule has 0 aliphatic carbocycles. The molecule has 3 heterocycles. The first-order valence-corrected chi connectivity index (χ1v) is 12.4. The van der Waals surface area contributed by atoms with Crippen LogP contribution in [0.15, 0.2) is 29.3 Å². The fourth-order valence-electron chi connectivity index (χ4n) is 3.63. The average molecular weight is 465 g/mol. The first-order valence-electron chi connectivity index (χ1n) is 10.3. The molecule has 1 amide bonds. The Bertz CT molecular complexity index is 1020. The maximum Gasteiger partial charge on any atom is 0.409 e. The number of hydrogen-bond donors (Lipinski definition) is 0. The van der Waals surface area contributed by atoms with Crippen LogP contribution in [0.5, 0.6) is 5.19 Å². The van der Waals surface area contributed by atoms with Crippen molar-refractivity contribution in [2.75, 3.05) is 32.6 Å². The summed E-state index contributed by atoms with van der Waals surface area (Å²) in [6.07, 6.45) is 6.24. The standard InChI is InChI=1S/C21H25FN4O3S2/c1-3-28-21(27)25-9-6-14(7-10-25)8-11-29-20-24-26-13-18(23-19(26)31-20)16-5-4-15(30-2)12-17(16)22/h4-5,12-14H,3,6-11H2,1-2H3. The SMILES string of the molecule is CCOC(=O)N1CCC(CCOc2nn3cc(-c4ccc(SC)cc4F)nc3s2)CC1. The van der Waals surface area contributed by atoms with Crippen LogP contribution in [0.3, 0.4) is 0 Å². The number of likely N-dealkylation sites (tertiary alicyclic amines) is 1. The van der Waals surface area contributed by atoms with Gasteiger partial charge in [0.25, 0.3) is 5.19 Å². The molecule has 31 heavy (non-hydrogen) atoms. The molecule has 166 valence electrons. The van der Waals surface area contributed by atoms with Crippen LogP contribution in [-0.4, -0.2) is 58.2 Å². The molecule has 0 spiro atoms. The van der Waals surface area contributed by atoms with E-state index in [1.807, 2.05) is 19.2 Å². The highest BCUT2D eigenvalue weighted by atomic mass is 32.2. The number of carbonyl (C=O) groups excluding carboxylic acids is 1. The van der Waals surface area contributed by atoms with Gasteiger partial charge in [-0.1, -0.05) is 0 Å². The number of aromatic nitrogens is 3. The Morgan fingerprint density at radius 1 is 1.35 bits per heavy atom. The Kier molecular flexibility index (Phi) is 6.96. The van der Waals surface area contributed by atoms with Gasteiger partial charge in [0.15, 0.2) is 0 Å². The number of carbonyl (C=O) groups is 1. The molecule has 1 aliphatic rings. The van der Waals surface area contributed by atoms with Crippen molar-refractivity contribution in [1.29, 1.82) is 0 Å². The Balaban J connectivity index is 1.29. The number of halogens is 1. The fourth-order valence-corrected chi connectivity index (χ4v) is 4.82. The molecule has 2 aromatic heterocycles. The maximum absolute atomic E-state index is 14.4. The number of nitrogens with zero attached hydrogens (tertiary/aromatic N) is 4. The second-order valence-corrected chi connectivity index (χ2v) is 9.13. The van der Waals surface area contributed by atoms with Crippen molar-refractivity contribution in [3.8, 4) is 16.5 Å². The number of hydrogen-bond acceptors (Lipinski definition) is 7. The van der Waals surface area contributed by atoms with Gasteiger partial charge in [0, 0.05) is 23.5 Å². The largest absolute Gasteiger partial charge is 0.469 e. The van der Waals surface area contributed by atoms with Gasteiger partial charge in [0.2, 0.25) is 4.96 Å². The first kappa shape index (κ1) is 21.9. The van der Waals surface area contributed by atoms with Gasteiger partial charge >= 0.3 is 6.09 Å². The zero-order chi connectivity index (χ0) is 21.8. The zero-order valence-corrected chi connectivity index (χ0v) is 19.2. The van der Waals surface area contributed by atoms with Crippen molar-refractivity contribution in [1.82, 2.24) is 19.5 Å². The number of amides is 1. The van der Waals surface area contributed by atoms with E-state index in [0.29, 0.717) is 40.5 Å². The minimum Gasteiger partial charge on any atom is -0.469 e. The van der Waals surface area contributed by atoms with Gasteiger partial charge in [0.1, 0.15) is 5.82 Å². The molecule has 10 heteroatoms. The summed E-state index contributed by atoms with van der Waals surface area (Å²) in [5.41, 5.74) is 1.02. The van der Waals surface area contributed by atoms with Gasteiger partial charge < -0.3 is 14.4 Å². The Hall–Kier alpha value is -2.33. The van der Waals surface area contributed by atoms with Gasteiger partial charge in [-0.15, -0.1) is 16.9 Å². The number of rotatable bonds is 7. The van der Waals surface area contributed by atoms with Crippen molar-refractivity contribution in [3.63, 3.8) is 0 Å². The molecule has 0 N–H and O–H groups in total. The van der Waals surface area contributed by atoms with Crippen molar-refractivity contribution < 1.29 is 18.7 Å². The van der Waals surface area contributed by atoms with E-state index in [2.05, 4.69) is 10.1 Å². The predicted octanol–water partition coefficient (Wildman–Crippen LogP) is 4.96. The lowest BCUT2D eigenvalue weighted by Crippen LogP contribution is -2.39. The second kappa shape index (κ2) is 9.86. The van der Waals surface area contributed by atoms with Crippen LogP contribution in [0.4, 0.5) is 9.18 Å². The van der Waals surface area contributed by atoms with Crippen LogP contribution >= 0.6 is 23.1 Å². The minimum absolute atomic E-state index is 0.220. The molecule has 3 aromatic rings. The quantitative estimate of drug-likeness (QED) is 0.461. The monoisotopic (exact) mass is 464 g/mol. The molecule has 0 atom stereocenters. The number of thioether (sulfide) groups is 1. The molecule has 4 rings (SSSR count). The van der Waals surface area contributed by atoms with E-state index < -0.39 is 0 Å². The maximum atomic E-state index is 14.4. The Morgan fingerprint density at radius 2 is 2.16 bits per heavy atom. The van der Waals surface area contributed by atoms with Crippen LogP contribution in [0.2, 0.25) is 0 Å². The summed E-state index contributed by atoms with van der Waals surface area (Å²) >= 11 is 2.85. The highest BCUT2D eigenvalue weighted by molar-refractivity contribution is 7.98. The van der Waals surface area contributed by atoms with Crippen LogP contribution < -0.4 is 4.74 Å². The molecular formula is C21H25FN4O3S2. The number of benzene rings is 1. The number of piperidine rings is 1. The van der Waals surface area contributed by atoms with Crippen LogP contribution in [0.1, 0.15) is 26.2 Å². The van der Waals surface area contributed by atoms with Crippen molar-refractivity contribution in [2.24, 2.45) is 5.92 Å². The summed E-state index contributed by atoms with van der Waals surface area (Å²) in [7, 11) is 0. The van der Waals surface area contributed by atoms with Gasteiger partial charge in [-0.2, -0.15) is 0 Å². The van der Waals surface area contributed by atoms with Gasteiger partial charge in [-0.25, -0.2) is 18.7 Å². The molecule has 0 saturated carbocycles. The summed E-state index contributed by atoms with van der Waals surface area (Å²) in [5.74, 6) is 0.233. The highest BCUT2D eigenvalue weighted by Gasteiger charge is 2.23. The smallest absolute Gasteiger partial charge is 0.409 e. The predicted molar refractivity (Wildman–Crippen MR) is 119 cm³/mol. The number of imidazole rings is 1. The fraction of sp³-hybridized carbons (Fsp3) is 0.476. The lowest BCUT2D eigenvalue weighted by molar-refractivity contribution is 0.0890. The van der Waals surface area contributed by atoms with E-state index in [4.69, 9.17) is 9.47 Å². The van der Waals surface area contributed by atoms with Crippen molar-refractivity contribution in [3.05, 3.63) is 30.2 Å². The van der Waals surface area contributed by atoms with Gasteiger partial charge in [-0.3, -0.25) is 0 Å². The zero-order valence-electron chi connectivity index (χ0n) is 17.5. The van der Waals surface area contributed by atoms with E-state index in [9.17, 15) is 9.18 Å².